The molecule has 5 nitrogen and oxygen atoms in total. The van der Waals surface area contributed by atoms with E-state index in [9.17, 15) is 9.90 Å². The highest BCUT2D eigenvalue weighted by Gasteiger charge is 2.34. The fourth-order valence-electron chi connectivity index (χ4n) is 4.26. The highest BCUT2D eigenvalue weighted by molar-refractivity contribution is 14.1. The van der Waals surface area contributed by atoms with Crippen molar-refractivity contribution in [3.8, 4) is 5.75 Å². The molecule has 0 saturated carbocycles. The fourth-order valence-corrected chi connectivity index (χ4v) is 4.82. The highest BCUT2D eigenvalue weighted by Crippen LogP contribution is 2.31. The highest BCUT2D eigenvalue weighted by atomic mass is 127. The summed E-state index contributed by atoms with van der Waals surface area (Å²) in [6.45, 7) is 2.24. The molecule has 4 rings (SSSR count). The largest absolute Gasteiger partial charge is 0.480 e. The van der Waals surface area contributed by atoms with E-state index in [-0.39, 0.29) is 18.1 Å². The van der Waals surface area contributed by atoms with E-state index in [4.69, 9.17) is 4.74 Å². The lowest BCUT2D eigenvalue weighted by Gasteiger charge is -2.35. The number of fused-ring (bicyclic) bond motifs is 1. The molecule has 1 fully saturated rings. The lowest BCUT2D eigenvalue weighted by atomic mass is 10.00. The van der Waals surface area contributed by atoms with Crippen molar-refractivity contribution in [2.45, 2.75) is 37.5 Å². The summed E-state index contributed by atoms with van der Waals surface area (Å²) in [4.78, 5) is 17.4. The zero-order valence-corrected chi connectivity index (χ0v) is 18.8. The van der Waals surface area contributed by atoms with Gasteiger partial charge in [0.25, 0.3) is 5.91 Å². The normalized spacial score (nSPS) is 22.6. The van der Waals surface area contributed by atoms with Gasteiger partial charge in [-0.1, -0.05) is 30.3 Å². The van der Waals surface area contributed by atoms with Crippen LogP contribution in [-0.2, 0) is 11.2 Å². The van der Waals surface area contributed by atoms with E-state index in [0.29, 0.717) is 19.5 Å². The molecule has 0 spiro atoms. The maximum atomic E-state index is 13.4. The number of likely N-dealkylation sites (tertiary alicyclic amines) is 1. The Labute approximate surface area is 185 Å². The molecule has 29 heavy (non-hydrogen) atoms. The Morgan fingerprint density at radius 1 is 1.28 bits per heavy atom. The van der Waals surface area contributed by atoms with E-state index in [0.717, 1.165) is 30.7 Å². The van der Waals surface area contributed by atoms with E-state index in [1.807, 2.05) is 42.3 Å². The average Bonchev–Trinajstić information content (AvgIpc) is 3.16. The summed E-state index contributed by atoms with van der Waals surface area (Å²) in [5.74, 6) is 0.838. The van der Waals surface area contributed by atoms with Crippen LogP contribution in [0.1, 0.15) is 30.0 Å². The molecule has 0 bridgehead atoms. The van der Waals surface area contributed by atoms with Crippen molar-refractivity contribution in [3.63, 3.8) is 0 Å². The smallest absolute Gasteiger partial charge is 0.263 e. The van der Waals surface area contributed by atoms with E-state index in [2.05, 4.69) is 45.7 Å². The molecule has 0 aliphatic carbocycles. The minimum Gasteiger partial charge on any atom is -0.480 e. The molecule has 2 heterocycles. The first-order valence-corrected chi connectivity index (χ1v) is 11.3. The van der Waals surface area contributed by atoms with E-state index < -0.39 is 6.10 Å². The summed E-state index contributed by atoms with van der Waals surface area (Å²) in [5, 5.41) is 9.90. The van der Waals surface area contributed by atoms with E-state index in [1.54, 1.807) is 0 Å². The van der Waals surface area contributed by atoms with Crippen LogP contribution in [0.15, 0.2) is 48.5 Å². The van der Waals surface area contributed by atoms with Gasteiger partial charge in [0.15, 0.2) is 6.10 Å². The number of rotatable bonds is 5. The zero-order chi connectivity index (χ0) is 20.4. The Balaban J connectivity index is 1.51. The van der Waals surface area contributed by atoms with Crippen LogP contribution in [0.25, 0.3) is 0 Å². The molecule has 1 N–H and O–H groups in total. The summed E-state index contributed by atoms with van der Waals surface area (Å²) in [6, 6.07) is 16.2. The topological polar surface area (TPSA) is 53.0 Å². The molecule has 3 atom stereocenters. The van der Waals surface area contributed by atoms with Gasteiger partial charge < -0.3 is 14.7 Å². The van der Waals surface area contributed by atoms with Gasteiger partial charge in [0, 0.05) is 30.3 Å². The van der Waals surface area contributed by atoms with Crippen LogP contribution in [0.2, 0.25) is 0 Å². The first kappa shape index (κ1) is 20.6. The van der Waals surface area contributed by atoms with Gasteiger partial charge >= 0.3 is 0 Å². The molecular weight excluding hydrogens is 479 g/mol. The van der Waals surface area contributed by atoms with Crippen molar-refractivity contribution >= 4 is 28.5 Å². The van der Waals surface area contributed by atoms with E-state index in [1.165, 1.54) is 9.13 Å². The number of ether oxygens (including phenoxy) is 1. The average molecular weight is 506 g/mol. The quantitative estimate of drug-likeness (QED) is 0.633. The third kappa shape index (κ3) is 4.75. The molecular formula is C23H27IN2O3. The van der Waals surface area contributed by atoms with Gasteiger partial charge in [-0.05, 0) is 71.2 Å². The number of carbonyl (C=O) groups excluding carboxylic acids is 1. The van der Waals surface area contributed by atoms with Gasteiger partial charge in [-0.25, -0.2) is 0 Å². The number of carbonyl (C=O) groups is 1. The number of amides is 1. The van der Waals surface area contributed by atoms with Gasteiger partial charge in [0.2, 0.25) is 0 Å². The lowest BCUT2D eigenvalue weighted by Crippen LogP contribution is -2.46. The molecule has 1 amide bonds. The molecule has 1 saturated heterocycles. The van der Waals surface area contributed by atoms with Gasteiger partial charge in [0.05, 0.1) is 12.1 Å². The number of halogens is 1. The van der Waals surface area contributed by atoms with Crippen LogP contribution in [0.5, 0.6) is 5.75 Å². The molecule has 2 aliphatic rings. The predicted molar refractivity (Wildman–Crippen MR) is 121 cm³/mol. The second-order valence-corrected chi connectivity index (χ2v) is 9.22. The molecule has 6 heteroatoms. The fraction of sp³-hybridized carbons (Fsp3) is 0.435. The van der Waals surface area contributed by atoms with Crippen molar-refractivity contribution in [1.82, 2.24) is 9.80 Å². The standard InChI is InChI=1S/C23H27IN2O3/c1-25(23(28)22-9-7-17-13-18(24)8-10-21(17)29-22)20(16-5-3-2-4-6-16)15-26-12-11-19(27)14-26/h2-6,8,10,13,19-20,22,27H,7,9,11-12,14-15H2,1H3. The van der Waals surface area contributed by atoms with Crippen molar-refractivity contribution in [2.24, 2.45) is 0 Å². The van der Waals surface area contributed by atoms with Gasteiger partial charge in [-0.2, -0.15) is 0 Å². The van der Waals surface area contributed by atoms with Crippen LogP contribution in [0.4, 0.5) is 0 Å². The maximum Gasteiger partial charge on any atom is 0.263 e. The first-order valence-electron chi connectivity index (χ1n) is 10.2. The zero-order valence-electron chi connectivity index (χ0n) is 16.6. The second-order valence-electron chi connectivity index (χ2n) is 7.97. The summed E-state index contributed by atoms with van der Waals surface area (Å²) in [6.07, 6.45) is 1.61. The van der Waals surface area contributed by atoms with Crippen LogP contribution >= 0.6 is 22.6 Å². The monoisotopic (exact) mass is 506 g/mol. The summed E-state index contributed by atoms with van der Waals surface area (Å²) in [5.41, 5.74) is 2.28. The summed E-state index contributed by atoms with van der Waals surface area (Å²) < 4.78 is 7.28. The molecule has 2 aromatic rings. The summed E-state index contributed by atoms with van der Waals surface area (Å²) >= 11 is 2.30. The number of benzene rings is 2. The third-order valence-electron chi connectivity index (χ3n) is 5.92. The first-order chi connectivity index (χ1) is 14.0. The number of hydrogen-bond acceptors (Lipinski definition) is 4. The van der Waals surface area contributed by atoms with E-state index >= 15 is 0 Å². The molecule has 2 aliphatic heterocycles. The minimum atomic E-state index is -0.456. The molecule has 3 unspecified atom stereocenters. The Morgan fingerprint density at radius 3 is 2.79 bits per heavy atom. The van der Waals surface area contributed by atoms with Crippen molar-refractivity contribution in [1.29, 1.82) is 0 Å². The van der Waals surface area contributed by atoms with Crippen LogP contribution in [0.3, 0.4) is 0 Å². The van der Waals surface area contributed by atoms with Crippen LogP contribution < -0.4 is 4.74 Å². The SMILES string of the molecule is CN(C(=O)C1CCc2cc(I)ccc2O1)C(CN1CCC(O)C1)c1ccccc1. The van der Waals surface area contributed by atoms with Crippen LogP contribution in [-0.4, -0.2) is 59.7 Å². The minimum absolute atomic E-state index is 0.0165. The number of likely N-dealkylation sites (N-methyl/N-ethyl adjacent to an activating group) is 1. The number of nitrogens with zero attached hydrogens (tertiary/aromatic N) is 2. The number of β-amino-alcohol motifs (C(OH)–C–C–N with tert-alkyl or cyclic N) is 1. The van der Waals surface area contributed by atoms with Gasteiger partial charge in [-0.3, -0.25) is 9.69 Å². The molecule has 0 radical (unpaired) electrons. The Kier molecular flexibility index (Phi) is 6.41. The van der Waals surface area contributed by atoms with Gasteiger partial charge in [0.1, 0.15) is 5.75 Å². The lowest BCUT2D eigenvalue weighted by molar-refractivity contribution is -0.140. The Hall–Kier alpha value is -1.64. The summed E-state index contributed by atoms with van der Waals surface area (Å²) in [7, 11) is 1.87. The number of hydrogen-bond donors (Lipinski definition) is 1. The molecule has 0 aromatic heterocycles. The Morgan fingerprint density at radius 2 is 2.07 bits per heavy atom. The molecule has 2 aromatic carbocycles. The van der Waals surface area contributed by atoms with Gasteiger partial charge in [-0.15, -0.1) is 0 Å². The third-order valence-corrected chi connectivity index (χ3v) is 6.59. The van der Waals surface area contributed by atoms with Crippen molar-refractivity contribution < 1.29 is 14.6 Å². The Bertz CT molecular complexity index is 860. The second kappa shape index (κ2) is 9.02. The number of aliphatic hydroxyl groups is 1. The van der Waals surface area contributed by atoms with Crippen LogP contribution in [0, 0.1) is 3.57 Å². The molecule has 154 valence electrons. The maximum absolute atomic E-state index is 13.4. The predicted octanol–water partition coefficient (Wildman–Crippen LogP) is 3.25. The number of aliphatic hydroxyl groups excluding tert-OH is 1. The van der Waals surface area contributed by atoms with Crippen molar-refractivity contribution in [3.05, 3.63) is 63.2 Å². The van der Waals surface area contributed by atoms with Crippen molar-refractivity contribution in [2.75, 3.05) is 26.7 Å². The number of aryl methyl sites for hydroxylation is 1.